The van der Waals surface area contributed by atoms with Gasteiger partial charge in [0.05, 0.1) is 35.4 Å². The van der Waals surface area contributed by atoms with E-state index in [4.69, 9.17) is 19.6 Å². The lowest BCUT2D eigenvalue weighted by Crippen LogP contribution is -2.38. The number of ketones is 1. The van der Waals surface area contributed by atoms with Crippen LogP contribution in [0.4, 0.5) is 0 Å². The number of carbonyl (C=O) groups is 1. The zero-order valence-corrected chi connectivity index (χ0v) is 46.4. The molecule has 3 fully saturated rings. The second-order valence-electron chi connectivity index (χ2n) is 21.3. The van der Waals surface area contributed by atoms with E-state index in [1.54, 1.807) is 85.6 Å². The minimum absolute atomic E-state index is 0. The molecule has 1 saturated heterocycles. The number of pyridine rings is 2. The second-order valence-corrected chi connectivity index (χ2v) is 24.9. The van der Waals surface area contributed by atoms with Crippen molar-refractivity contribution in [2.45, 2.75) is 99.2 Å². The first-order valence-electron chi connectivity index (χ1n) is 27.7. The van der Waals surface area contributed by atoms with Crippen LogP contribution in [0.3, 0.4) is 0 Å². The summed E-state index contributed by atoms with van der Waals surface area (Å²) in [6.07, 6.45) is 20.4. The van der Waals surface area contributed by atoms with Gasteiger partial charge in [0.1, 0.15) is 11.3 Å². The number of Topliss-reactive ketones (excluding diaryl/α,β-unsaturated/α-hetero) is 1. The highest BCUT2D eigenvalue weighted by atomic mass is 32.2. The summed E-state index contributed by atoms with van der Waals surface area (Å²) in [5, 5.41) is 13.4. The molecule has 14 rings (SSSR count). The molecule has 0 amide bonds. The van der Waals surface area contributed by atoms with Gasteiger partial charge in [-0.05, 0) is 102 Å². The Labute approximate surface area is 490 Å². The van der Waals surface area contributed by atoms with Gasteiger partial charge < -0.3 is 9.47 Å². The van der Waals surface area contributed by atoms with Crippen LogP contribution in [0.5, 0.6) is 0 Å². The molecule has 11 aromatic rings. The number of ether oxygens (including phenoxy) is 2. The third-order valence-electron chi connectivity index (χ3n) is 16.5. The predicted molar refractivity (Wildman–Crippen MR) is 326 cm³/mol. The van der Waals surface area contributed by atoms with Crippen LogP contribution in [-0.2, 0) is 39.9 Å². The summed E-state index contributed by atoms with van der Waals surface area (Å²) >= 11 is 0. The van der Waals surface area contributed by atoms with Gasteiger partial charge in [-0.3, -0.25) is 14.6 Å². The van der Waals surface area contributed by atoms with Crippen LogP contribution in [0.25, 0.3) is 44.3 Å². The summed E-state index contributed by atoms with van der Waals surface area (Å²) < 4.78 is 71.6. The van der Waals surface area contributed by atoms with Gasteiger partial charge in [0, 0.05) is 95.9 Å². The monoisotopic (exact) mass is 1160 g/mol. The Morgan fingerprint density at radius 3 is 1.39 bits per heavy atom. The van der Waals surface area contributed by atoms with E-state index in [0.717, 1.165) is 99.4 Å². The normalized spacial score (nSPS) is 15.8. The summed E-state index contributed by atoms with van der Waals surface area (Å²) in [5.74, 6) is 0.344. The minimum Gasteiger partial charge on any atom is -0.348 e. The number of carbonyl (C=O) groups excluding carboxylic acids is 1. The zero-order chi connectivity index (χ0) is 55.9. The molecule has 1 spiro atoms. The average Bonchev–Trinajstić information content (AvgIpc) is 1.79. The number of fused-ring (bicyclic) bond motifs is 2. The molecule has 15 nitrogen and oxygen atoms in total. The van der Waals surface area contributed by atoms with Crippen LogP contribution >= 0.6 is 0 Å². The number of benzene rings is 5. The summed E-state index contributed by atoms with van der Waals surface area (Å²) in [5.41, 5.74) is 8.27. The van der Waals surface area contributed by atoms with Crippen LogP contribution in [-0.4, -0.2) is 79.5 Å². The van der Waals surface area contributed by atoms with Gasteiger partial charge in [-0.25, -0.2) is 34.7 Å². The van der Waals surface area contributed by atoms with Crippen molar-refractivity contribution in [3.63, 3.8) is 0 Å². The lowest BCUT2D eigenvalue weighted by Gasteiger charge is -2.36. The molecule has 0 atom stereocenters. The maximum absolute atomic E-state index is 14.2. The number of hydrogen-bond acceptors (Lipinski definition) is 11. The van der Waals surface area contributed by atoms with E-state index in [1.807, 2.05) is 90.0 Å². The Hall–Kier alpha value is -8.61. The molecule has 0 radical (unpaired) electrons. The van der Waals surface area contributed by atoms with Gasteiger partial charge >= 0.3 is 0 Å². The molecule has 2 saturated carbocycles. The fourth-order valence-corrected chi connectivity index (χ4v) is 15.0. The lowest BCUT2D eigenvalue weighted by molar-refractivity contribution is -0.178. The number of rotatable bonds is 12. The van der Waals surface area contributed by atoms with Crippen LogP contribution in [0, 0.1) is 0 Å². The first kappa shape index (κ1) is 57.2. The summed E-state index contributed by atoms with van der Waals surface area (Å²) in [6.45, 7) is 1.28. The number of aromatic nitrogens is 8. The van der Waals surface area contributed by atoms with Crippen LogP contribution < -0.4 is 0 Å². The molecule has 6 aromatic heterocycles. The topological polar surface area (TPSA) is 186 Å². The van der Waals surface area contributed by atoms with E-state index in [-0.39, 0.29) is 36.5 Å². The first-order valence-corrected chi connectivity index (χ1v) is 30.5. The Morgan fingerprint density at radius 2 is 0.952 bits per heavy atom. The van der Waals surface area contributed by atoms with Crippen molar-refractivity contribution >= 4 is 47.9 Å². The SMILES string of the molecule is C.C.O=C1CCC(c2cnc3c(c2)c(-c2cn[nH]c2)cn3S(=O)(=O)c2ccccc2)CC1.O=S(=O)(c1ccccc1)n1cc(-c2cnn(C(c3ccccc3)(c3ccccc3)c3ccccc3)c2)c2cc(C3CCC4(CC3)OCCO4)cnc21. The van der Waals surface area contributed by atoms with Crippen molar-refractivity contribution in [2.75, 3.05) is 13.2 Å². The maximum atomic E-state index is 14.2. The Morgan fingerprint density at radius 1 is 0.524 bits per heavy atom. The van der Waals surface area contributed by atoms with E-state index in [1.165, 1.54) is 7.94 Å². The molecule has 0 unspecified atom stereocenters. The highest BCUT2D eigenvalue weighted by Gasteiger charge is 2.42. The van der Waals surface area contributed by atoms with Gasteiger partial charge in [-0.2, -0.15) is 10.2 Å². The number of aromatic amines is 1. The maximum Gasteiger partial charge on any atom is 0.269 e. The highest BCUT2D eigenvalue weighted by Crippen LogP contribution is 2.46. The smallest absolute Gasteiger partial charge is 0.269 e. The largest absolute Gasteiger partial charge is 0.348 e. The molecule has 2 aliphatic carbocycles. The lowest BCUT2D eigenvalue weighted by atomic mass is 9.77. The van der Waals surface area contributed by atoms with E-state index in [0.29, 0.717) is 43.1 Å². The van der Waals surface area contributed by atoms with E-state index in [9.17, 15) is 21.6 Å². The van der Waals surface area contributed by atoms with Crippen molar-refractivity contribution in [2.24, 2.45) is 0 Å². The number of hydrogen-bond donors (Lipinski definition) is 1. The Bertz CT molecular complexity index is 4180. The molecule has 0 bridgehead atoms. The third-order valence-corrected chi connectivity index (χ3v) is 19.9. The molecule has 17 heteroatoms. The number of nitrogens with one attached hydrogen (secondary N) is 1. The Kier molecular flexibility index (Phi) is 16.1. The van der Waals surface area contributed by atoms with Crippen molar-refractivity contribution in [1.82, 2.24) is 37.9 Å². The van der Waals surface area contributed by atoms with E-state index < -0.39 is 31.4 Å². The van der Waals surface area contributed by atoms with Crippen LogP contribution in [0.1, 0.15) is 106 Å². The van der Waals surface area contributed by atoms with Crippen LogP contribution in [0.15, 0.2) is 223 Å². The van der Waals surface area contributed by atoms with Crippen LogP contribution in [0.2, 0.25) is 0 Å². The Balaban J connectivity index is 0.000000196. The van der Waals surface area contributed by atoms with E-state index >= 15 is 0 Å². The van der Waals surface area contributed by atoms with Gasteiger partial charge in [-0.15, -0.1) is 0 Å². The fourth-order valence-electron chi connectivity index (χ4n) is 12.3. The molecule has 428 valence electrons. The van der Waals surface area contributed by atoms with Crippen molar-refractivity contribution in [3.8, 4) is 22.3 Å². The van der Waals surface area contributed by atoms with Crippen molar-refractivity contribution < 1.29 is 31.1 Å². The highest BCUT2D eigenvalue weighted by molar-refractivity contribution is 7.90. The quantitative estimate of drug-likeness (QED) is 0.115. The number of nitrogens with zero attached hydrogens (tertiary/aromatic N) is 7. The second kappa shape index (κ2) is 23.6. The minimum atomic E-state index is -3.96. The molecular formula is C67H66N8O7S2. The van der Waals surface area contributed by atoms with Crippen molar-refractivity contribution in [3.05, 3.63) is 241 Å². The third kappa shape index (κ3) is 10.4. The molecule has 84 heavy (non-hydrogen) atoms. The zero-order valence-electron chi connectivity index (χ0n) is 44.7. The number of H-pyrrole nitrogens is 1. The molecule has 3 aliphatic rings. The molecular weight excluding hydrogens is 1090 g/mol. The predicted octanol–water partition coefficient (Wildman–Crippen LogP) is 13.5. The van der Waals surface area contributed by atoms with Crippen molar-refractivity contribution in [1.29, 1.82) is 0 Å². The summed E-state index contributed by atoms with van der Waals surface area (Å²) in [4.78, 5) is 21.5. The van der Waals surface area contributed by atoms with Gasteiger partial charge in [0.15, 0.2) is 17.1 Å². The summed E-state index contributed by atoms with van der Waals surface area (Å²) in [6, 6.07) is 52.1. The molecule has 7 heterocycles. The van der Waals surface area contributed by atoms with Gasteiger partial charge in [0.2, 0.25) is 0 Å². The molecule has 1 aliphatic heterocycles. The molecule has 1 N–H and O–H groups in total. The standard InChI is InChI=1S/C43H38N4O4S.C22H20N4O3S.2CH4/c48-52(49,38-19-11-4-12-20-38)46-31-40(39-27-33(28-44-41(39)46)32-21-23-42(24-22-32)50-25-26-51-42)34-29-45-47(30-34)43(35-13-5-1-6-14-35,36-15-7-2-8-16-36)37-17-9-3-10-18-37;27-18-8-6-15(7-9-18)16-10-20-21(17-12-24-25-13-17)14-26(22(20)23-11-16)30(28,29)19-4-2-1-3-5-19;;/h1-20,27-32H,21-26H2;1-5,10-15H,6-9H2,(H,24,25);2*1H4. The van der Waals surface area contributed by atoms with E-state index in [2.05, 4.69) is 57.6 Å². The summed E-state index contributed by atoms with van der Waals surface area (Å²) in [7, 11) is -7.76. The molecule has 5 aromatic carbocycles. The van der Waals surface area contributed by atoms with Gasteiger partial charge in [0.25, 0.3) is 20.0 Å². The fraction of sp³-hybridized carbons (Fsp3) is 0.239. The van der Waals surface area contributed by atoms with Gasteiger partial charge in [-0.1, -0.05) is 142 Å². The first-order chi connectivity index (χ1) is 40.0. The average molecular weight is 1160 g/mol.